The predicted molar refractivity (Wildman–Crippen MR) is 99.7 cm³/mol. The second kappa shape index (κ2) is 7.42. The molecule has 1 fully saturated rings. The largest absolute Gasteiger partial charge is 0.496 e. The summed E-state index contributed by atoms with van der Waals surface area (Å²) in [7, 11) is 1.38. The number of ether oxygens (including phenoxy) is 1. The van der Waals surface area contributed by atoms with Crippen LogP contribution in [0.5, 0.6) is 5.75 Å². The Morgan fingerprint density at radius 3 is 2.52 bits per heavy atom. The molecular formula is C21H20F3NO4. The van der Waals surface area contributed by atoms with Crippen molar-refractivity contribution >= 4 is 11.9 Å². The van der Waals surface area contributed by atoms with Crippen molar-refractivity contribution in [1.29, 1.82) is 0 Å². The molecule has 0 spiro atoms. The first kappa shape index (κ1) is 20.7. The fourth-order valence-electron chi connectivity index (χ4n) is 3.50. The van der Waals surface area contributed by atoms with E-state index < -0.39 is 29.2 Å². The van der Waals surface area contributed by atoms with E-state index in [2.05, 4.69) is 5.32 Å². The number of carbonyl (C=O) groups is 2. The van der Waals surface area contributed by atoms with E-state index in [-0.39, 0.29) is 17.0 Å². The molecule has 1 saturated carbocycles. The van der Waals surface area contributed by atoms with E-state index >= 15 is 0 Å². The lowest BCUT2D eigenvalue weighted by atomic mass is 9.99. The van der Waals surface area contributed by atoms with Crippen LogP contribution in [0, 0.1) is 5.92 Å². The standard InChI is InChI=1S/C21H20F3NO4/c1-3-14-11-20(14,19(27)28)25-18(26)13-7-8-17(29-2)16(10-13)12-5-4-6-15(9-12)21(22,23)24/h4-10,14H,3,11H2,1-2H3,(H,25,26)(H,27,28)/t14-,20-/m1/s1. The van der Waals surface area contributed by atoms with E-state index in [1.165, 1.54) is 37.4 Å². The minimum Gasteiger partial charge on any atom is -0.496 e. The smallest absolute Gasteiger partial charge is 0.416 e. The van der Waals surface area contributed by atoms with E-state index in [0.717, 1.165) is 12.1 Å². The Hall–Kier alpha value is -3.03. The van der Waals surface area contributed by atoms with Gasteiger partial charge in [0.15, 0.2) is 0 Å². The van der Waals surface area contributed by atoms with Crippen molar-refractivity contribution in [1.82, 2.24) is 5.32 Å². The molecule has 2 aromatic carbocycles. The average Bonchev–Trinajstić information content (AvgIpc) is 3.41. The number of benzene rings is 2. The lowest BCUT2D eigenvalue weighted by Gasteiger charge is -2.16. The van der Waals surface area contributed by atoms with Crippen LogP contribution in [0.1, 0.15) is 35.7 Å². The number of rotatable bonds is 6. The molecule has 0 bridgehead atoms. The Kier molecular flexibility index (Phi) is 5.30. The molecule has 8 heteroatoms. The third-order valence-corrected chi connectivity index (χ3v) is 5.28. The molecule has 2 atom stereocenters. The number of halogens is 3. The van der Waals surface area contributed by atoms with Crippen molar-refractivity contribution in [3.8, 4) is 16.9 Å². The maximum atomic E-state index is 13.1. The molecule has 0 aromatic heterocycles. The van der Waals surface area contributed by atoms with E-state index in [0.29, 0.717) is 24.2 Å². The molecule has 0 unspecified atom stereocenters. The van der Waals surface area contributed by atoms with E-state index in [1.807, 2.05) is 6.92 Å². The first-order chi connectivity index (χ1) is 13.6. The van der Waals surface area contributed by atoms with Gasteiger partial charge in [-0.2, -0.15) is 13.2 Å². The molecule has 0 aliphatic heterocycles. The van der Waals surface area contributed by atoms with Crippen molar-refractivity contribution in [2.75, 3.05) is 7.11 Å². The predicted octanol–water partition coefficient (Wildman–Crippen LogP) is 4.36. The van der Waals surface area contributed by atoms with Crippen LogP contribution in [0.2, 0.25) is 0 Å². The summed E-state index contributed by atoms with van der Waals surface area (Å²) in [6, 6.07) is 9.03. The summed E-state index contributed by atoms with van der Waals surface area (Å²) in [5, 5.41) is 12.1. The van der Waals surface area contributed by atoms with Crippen LogP contribution in [0.25, 0.3) is 11.1 Å². The van der Waals surface area contributed by atoms with Crippen LogP contribution < -0.4 is 10.1 Å². The number of alkyl halides is 3. The number of methoxy groups -OCH3 is 1. The molecule has 1 aliphatic carbocycles. The zero-order valence-electron chi connectivity index (χ0n) is 15.8. The summed E-state index contributed by atoms with van der Waals surface area (Å²) in [4.78, 5) is 24.3. The van der Waals surface area contributed by atoms with Crippen molar-refractivity contribution in [2.45, 2.75) is 31.5 Å². The van der Waals surface area contributed by atoms with Gasteiger partial charge in [0, 0.05) is 11.1 Å². The van der Waals surface area contributed by atoms with Crippen molar-refractivity contribution in [3.05, 3.63) is 53.6 Å². The topological polar surface area (TPSA) is 75.6 Å². The van der Waals surface area contributed by atoms with Crippen LogP contribution in [-0.2, 0) is 11.0 Å². The first-order valence-electron chi connectivity index (χ1n) is 9.04. The third kappa shape index (κ3) is 3.92. The Morgan fingerprint density at radius 1 is 1.24 bits per heavy atom. The number of hydrogen-bond donors (Lipinski definition) is 2. The van der Waals surface area contributed by atoms with Crippen molar-refractivity contribution in [2.24, 2.45) is 5.92 Å². The number of nitrogens with one attached hydrogen (secondary N) is 1. The van der Waals surface area contributed by atoms with Gasteiger partial charge in [0.25, 0.3) is 5.91 Å². The van der Waals surface area contributed by atoms with Gasteiger partial charge in [0.1, 0.15) is 11.3 Å². The highest BCUT2D eigenvalue weighted by Gasteiger charge is 2.60. The molecular weight excluding hydrogens is 387 g/mol. The monoisotopic (exact) mass is 407 g/mol. The normalized spacial score (nSPS) is 20.8. The molecule has 2 aromatic rings. The van der Waals surface area contributed by atoms with Crippen molar-refractivity contribution < 1.29 is 32.6 Å². The summed E-state index contributed by atoms with van der Waals surface area (Å²) >= 11 is 0. The lowest BCUT2D eigenvalue weighted by Crippen LogP contribution is -2.44. The maximum Gasteiger partial charge on any atom is 0.416 e. The third-order valence-electron chi connectivity index (χ3n) is 5.28. The van der Waals surface area contributed by atoms with E-state index in [9.17, 15) is 27.9 Å². The van der Waals surface area contributed by atoms with Gasteiger partial charge in [-0.1, -0.05) is 25.5 Å². The second-order valence-electron chi connectivity index (χ2n) is 7.03. The van der Waals surface area contributed by atoms with Gasteiger partial charge in [0.2, 0.25) is 0 Å². The summed E-state index contributed by atoms with van der Waals surface area (Å²) in [6.45, 7) is 1.85. The number of carboxylic acids is 1. The highest BCUT2D eigenvalue weighted by atomic mass is 19.4. The fourth-order valence-corrected chi connectivity index (χ4v) is 3.50. The first-order valence-corrected chi connectivity index (χ1v) is 9.04. The van der Waals surface area contributed by atoms with E-state index in [1.54, 1.807) is 0 Å². The van der Waals surface area contributed by atoms with Gasteiger partial charge in [-0.3, -0.25) is 4.79 Å². The van der Waals surface area contributed by atoms with Gasteiger partial charge in [0.05, 0.1) is 12.7 Å². The van der Waals surface area contributed by atoms with Crippen LogP contribution in [0.4, 0.5) is 13.2 Å². The molecule has 0 saturated heterocycles. The number of hydrogen-bond acceptors (Lipinski definition) is 3. The molecule has 3 rings (SSSR count). The fraction of sp³-hybridized carbons (Fsp3) is 0.333. The number of amides is 1. The molecule has 1 amide bonds. The second-order valence-corrected chi connectivity index (χ2v) is 7.03. The van der Waals surface area contributed by atoms with Gasteiger partial charge < -0.3 is 15.2 Å². The van der Waals surface area contributed by atoms with Crippen LogP contribution in [0.15, 0.2) is 42.5 Å². The molecule has 29 heavy (non-hydrogen) atoms. The van der Waals surface area contributed by atoms with Gasteiger partial charge in [-0.25, -0.2) is 4.79 Å². The highest BCUT2D eigenvalue weighted by Crippen LogP contribution is 2.46. The summed E-state index contributed by atoms with van der Waals surface area (Å²) < 4.78 is 44.4. The van der Waals surface area contributed by atoms with Gasteiger partial charge in [-0.15, -0.1) is 0 Å². The summed E-state index contributed by atoms with van der Waals surface area (Å²) in [5.41, 5.74) is -1.43. The number of carbonyl (C=O) groups excluding carboxylic acids is 1. The minimum absolute atomic E-state index is 0.139. The zero-order valence-corrected chi connectivity index (χ0v) is 15.8. The summed E-state index contributed by atoms with van der Waals surface area (Å²) in [5.74, 6) is -1.54. The number of aliphatic carboxylic acids is 1. The SMILES string of the molecule is CC[C@@H]1C[C@]1(NC(=O)c1ccc(OC)c(-c2cccc(C(F)(F)F)c2)c1)C(=O)O. The zero-order chi connectivity index (χ0) is 21.4. The van der Waals surface area contributed by atoms with Gasteiger partial charge in [-0.05, 0) is 48.2 Å². The summed E-state index contributed by atoms with van der Waals surface area (Å²) in [6.07, 6.45) is -3.54. The van der Waals surface area contributed by atoms with E-state index in [4.69, 9.17) is 4.74 Å². The Labute approximate surface area is 165 Å². The van der Waals surface area contributed by atoms with Crippen LogP contribution in [0.3, 0.4) is 0 Å². The molecule has 0 radical (unpaired) electrons. The lowest BCUT2D eigenvalue weighted by molar-refractivity contribution is -0.141. The number of carboxylic acid groups (broad SMARTS) is 1. The molecule has 5 nitrogen and oxygen atoms in total. The Bertz CT molecular complexity index is 957. The van der Waals surface area contributed by atoms with Gasteiger partial charge >= 0.3 is 12.1 Å². The molecule has 2 N–H and O–H groups in total. The maximum absolute atomic E-state index is 13.1. The molecule has 0 heterocycles. The van der Waals surface area contributed by atoms with Crippen molar-refractivity contribution in [3.63, 3.8) is 0 Å². The Balaban J connectivity index is 1.96. The molecule has 154 valence electrons. The molecule has 1 aliphatic rings. The van der Waals surface area contributed by atoms with Crippen LogP contribution >= 0.6 is 0 Å². The average molecular weight is 407 g/mol. The minimum atomic E-state index is -4.51. The highest BCUT2D eigenvalue weighted by molar-refractivity contribution is 6.00. The quantitative estimate of drug-likeness (QED) is 0.746. The van der Waals surface area contributed by atoms with Crippen LogP contribution in [-0.4, -0.2) is 29.6 Å². The Morgan fingerprint density at radius 2 is 1.97 bits per heavy atom.